The Morgan fingerprint density at radius 2 is 1.85 bits per heavy atom. The number of methoxy groups -OCH3 is 1. The number of aromatic nitrogens is 1. The number of carbonyl (C=O) groups excluding carboxylic acids is 2. The molecule has 1 saturated heterocycles. The molecule has 0 radical (unpaired) electrons. The van der Waals surface area contributed by atoms with Gasteiger partial charge in [0, 0.05) is 44.6 Å². The van der Waals surface area contributed by atoms with E-state index < -0.39 is 0 Å². The summed E-state index contributed by atoms with van der Waals surface area (Å²) in [5.41, 5.74) is 0.646. The average Bonchev–Trinajstić information content (AvgIpc) is 2.86. The molecule has 2 aromatic rings. The number of rotatable bonds is 3. The molecular weight excluding hydrogens is 434 g/mol. The number of fused-ring (bicyclic) bond motifs is 9. The molecule has 2 amide bonds. The number of nitrogens with zero attached hydrogens (tertiary/aromatic N) is 2. The van der Waals surface area contributed by atoms with Crippen LogP contribution in [0.2, 0.25) is 0 Å². The van der Waals surface area contributed by atoms with Crippen molar-refractivity contribution in [3.05, 3.63) is 64.1 Å². The highest BCUT2D eigenvalue weighted by Crippen LogP contribution is 2.38. The maximum absolute atomic E-state index is 13.3. The van der Waals surface area contributed by atoms with Crippen LogP contribution in [0.15, 0.2) is 47.4 Å². The Kier molecular flexibility index (Phi) is 7.67. The normalized spacial score (nSPS) is 19.0. The molecule has 8 heteroatoms. The van der Waals surface area contributed by atoms with Crippen LogP contribution < -0.4 is 10.3 Å². The van der Waals surface area contributed by atoms with Crippen molar-refractivity contribution in [2.45, 2.75) is 32.1 Å². The van der Waals surface area contributed by atoms with Gasteiger partial charge in [0.25, 0.3) is 11.8 Å². The molecule has 8 nitrogen and oxygen atoms in total. The highest BCUT2D eigenvalue weighted by molar-refractivity contribution is 5.97. The molecule has 3 aliphatic rings. The van der Waals surface area contributed by atoms with Gasteiger partial charge in [-0.15, -0.1) is 0 Å². The molecule has 4 heterocycles. The second kappa shape index (κ2) is 10.9. The van der Waals surface area contributed by atoms with Crippen LogP contribution in [-0.2, 0) is 4.74 Å². The molecule has 1 N–H and O–H groups in total. The minimum atomic E-state index is -0.305. The largest absolute Gasteiger partial charge is 0.491 e. The van der Waals surface area contributed by atoms with Gasteiger partial charge < -0.3 is 24.3 Å². The minimum Gasteiger partial charge on any atom is -0.491 e. The van der Waals surface area contributed by atoms with E-state index in [9.17, 15) is 14.4 Å². The average molecular weight is 468 g/mol. The van der Waals surface area contributed by atoms with Crippen molar-refractivity contribution >= 4 is 11.8 Å². The fraction of sp³-hybridized carbons (Fsp3) is 0.500. The molecule has 1 aromatic heterocycles. The summed E-state index contributed by atoms with van der Waals surface area (Å²) < 4.78 is 11.6. The molecular formula is C26H33N3O5. The first kappa shape index (κ1) is 24.0. The molecule has 5 rings (SSSR count). The Hall–Kier alpha value is -3.13. The molecule has 1 fully saturated rings. The molecule has 0 saturated carbocycles. The number of amides is 2. The van der Waals surface area contributed by atoms with Crippen molar-refractivity contribution in [1.29, 1.82) is 0 Å². The van der Waals surface area contributed by atoms with Crippen LogP contribution in [0.5, 0.6) is 5.75 Å². The number of ether oxygens (including phenoxy) is 2. The highest BCUT2D eigenvalue weighted by atomic mass is 16.5. The summed E-state index contributed by atoms with van der Waals surface area (Å²) in [5.74, 6) is 0.314. The smallest absolute Gasteiger partial charge is 0.257 e. The molecule has 34 heavy (non-hydrogen) atoms. The van der Waals surface area contributed by atoms with Crippen LogP contribution in [0.1, 0.15) is 52.8 Å². The molecule has 3 aliphatic heterocycles. The van der Waals surface area contributed by atoms with Gasteiger partial charge in [-0.1, -0.05) is 18.6 Å². The maximum atomic E-state index is 13.3. The van der Waals surface area contributed by atoms with Crippen LogP contribution in [0, 0.1) is 5.41 Å². The number of hydrogen-bond acceptors (Lipinski definition) is 5. The van der Waals surface area contributed by atoms with Crippen molar-refractivity contribution < 1.29 is 19.1 Å². The van der Waals surface area contributed by atoms with Gasteiger partial charge in [0.2, 0.25) is 5.56 Å². The zero-order valence-corrected chi connectivity index (χ0v) is 19.8. The number of carbonyl (C=O) groups is 2. The van der Waals surface area contributed by atoms with E-state index in [2.05, 4.69) is 4.98 Å². The summed E-state index contributed by atoms with van der Waals surface area (Å²) in [7, 11) is 1.73. The molecule has 0 aliphatic carbocycles. The Morgan fingerprint density at radius 3 is 2.62 bits per heavy atom. The second-order valence-corrected chi connectivity index (χ2v) is 9.26. The van der Waals surface area contributed by atoms with Gasteiger partial charge in [-0.2, -0.15) is 0 Å². The van der Waals surface area contributed by atoms with Crippen LogP contribution in [0.4, 0.5) is 0 Å². The topological polar surface area (TPSA) is 91.9 Å². The van der Waals surface area contributed by atoms with Crippen molar-refractivity contribution in [2.24, 2.45) is 5.41 Å². The first-order valence-electron chi connectivity index (χ1n) is 12.0. The number of para-hydroxylation sites is 1. The third-order valence-electron chi connectivity index (χ3n) is 6.99. The van der Waals surface area contributed by atoms with E-state index in [-0.39, 0.29) is 29.4 Å². The zero-order valence-electron chi connectivity index (χ0n) is 19.8. The zero-order chi connectivity index (χ0) is 24.0. The predicted molar refractivity (Wildman–Crippen MR) is 128 cm³/mol. The van der Waals surface area contributed by atoms with Gasteiger partial charge in [0.1, 0.15) is 12.4 Å². The van der Waals surface area contributed by atoms with Gasteiger partial charge in [-0.05, 0) is 49.3 Å². The lowest BCUT2D eigenvalue weighted by molar-refractivity contribution is 0.0136. The summed E-state index contributed by atoms with van der Waals surface area (Å²) in [6.07, 6.45) is 6.07. The third-order valence-corrected chi connectivity index (χ3v) is 6.99. The lowest BCUT2D eigenvalue weighted by atomic mass is 9.75. The van der Waals surface area contributed by atoms with E-state index in [0.717, 1.165) is 32.1 Å². The summed E-state index contributed by atoms with van der Waals surface area (Å²) in [5, 5.41) is 0. The van der Waals surface area contributed by atoms with E-state index in [0.29, 0.717) is 49.7 Å². The van der Waals surface area contributed by atoms with E-state index in [1.807, 2.05) is 17.0 Å². The summed E-state index contributed by atoms with van der Waals surface area (Å²) in [4.78, 5) is 44.4. The second-order valence-electron chi connectivity index (χ2n) is 9.26. The number of hydrogen-bond donors (Lipinski definition) is 1. The van der Waals surface area contributed by atoms with Crippen molar-refractivity contribution in [2.75, 3.05) is 46.5 Å². The summed E-state index contributed by atoms with van der Waals surface area (Å²) >= 11 is 0. The number of H-pyrrole nitrogens is 1. The van der Waals surface area contributed by atoms with Gasteiger partial charge >= 0.3 is 0 Å². The van der Waals surface area contributed by atoms with E-state index >= 15 is 0 Å². The van der Waals surface area contributed by atoms with Crippen molar-refractivity contribution in [3.63, 3.8) is 0 Å². The quantitative estimate of drug-likeness (QED) is 0.749. The molecule has 1 aromatic carbocycles. The number of pyridine rings is 1. The Labute approximate surface area is 199 Å². The molecule has 0 spiro atoms. The molecule has 2 bridgehead atoms. The standard InChI is InChI=1S/C26H33N3O5/c1-33-19-26-9-4-5-13-28(24(31)20-8-12-27-23(30)18-20)16-17-34-22-7-3-2-6-21(22)25(32)29(14-10-26)15-11-26/h2-3,6-8,12,18H,4-5,9-11,13-17,19H2,1H3,(H,27,30). The Bertz CT molecular complexity index is 1060. The van der Waals surface area contributed by atoms with Crippen LogP contribution in [-0.4, -0.2) is 73.1 Å². The van der Waals surface area contributed by atoms with Crippen LogP contribution >= 0.6 is 0 Å². The number of piperidine rings is 1. The number of aromatic amines is 1. The fourth-order valence-electron chi connectivity index (χ4n) is 5.04. The van der Waals surface area contributed by atoms with Gasteiger partial charge in [-0.25, -0.2) is 0 Å². The van der Waals surface area contributed by atoms with Crippen molar-refractivity contribution in [3.8, 4) is 5.75 Å². The van der Waals surface area contributed by atoms with E-state index in [1.54, 1.807) is 30.2 Å². The first-order chi connectivity index (χ1) is 16.5. The number of nitrogens with one attached hydrogen (secondary N) is 1. The molecule has 182 valence electrons. The number of benzene rings is 1. The molecule has 0 unspecified atom stereocenters. The van der Waals surface area contributed by atoms with Crippen LogP contribution in [0.3, 0.4) is 0 Å². The molecule has 0 atom stereocenters. The lowest BCUT2D eigenvalue weighted by Crippen LogP contribution is -2.45. The van der Waals surface area contributed by atoms with Gasteiger partial charge in [0.05, 0.1) is 18.7 Å². The monoisotopic (exact) mass is 467 g/mol. The third kappa shape index (κ3) is 5.50. The van der Waals surface area contributed by atoms with E-state index in [1.165, 1.54) is 12.3 Å². The Balaban J connectivity index is 1.58. The van der Waals surface area contributed by atoms with Crippen molar-refractivity contribution in [1.82, 2.24) is 14.8 Å². The van der Waals surface area contributed by atoms with Gasteiger partial charge in [-0.3, -0.25) is 14.4 Å². The predicted octanol–water partition coefficient (Wildman–Crippen LogP) is 2.95. The fourth-order valence-corrected chi connectivity index (χ4v) is 5.04. The highest BCUT2D eigenvalue weighted by Gasteiger charge is 2.36. The summed E-state index contributed by atoms with van der Waals surface area (Å²) in [6, 6.07) is 10.2. The lowest BCUT2D eigenvalue weighted by Gasteiger charge is -2.41. The maximum Gasteiger partial charge on any atom is 0.257 e. The van der Waals surface area contributed by atoms with E-state index in [4.69, 9.17) is 9.47 Å². The van der Waals surface area contributed by atoms with Crippen LogP contribution in [0.25, 0.3) is 0 Å². The first-order valence-corrected chi connectivity index (χ1v) is 12.0. The minimum absolute atomic E-state index is 0.0204. The summed E-state index contributed by atoms with van der Waals surface area (Å²) in [6.45, 7) is 3.26. The SMILES string of the molecule is COCC12CCCCN(C(=O)c3cc[nH]c(=O)c3)CCOc3ccccc3C(=O)N(CC1)CC2. The van der Waals surface area contributed by atoms with Gasteiger partial charge in [0.15, 0.2) is 0 Å². The Morgan fingerprint density at radius 1 is 1.06 bits per heavy atom.